The molecule has 0 unspecified atom stereocenters. The Morgan fingerprint density at radius 1 is 1.14 bits per heavy atom. The van der Waals surface area contributed by atoms with Crippen molar-refractivity contribution in [2.75, 3.05) is 19.7 Å². The van der Waals surface area contributed by atoms with Crippen molar-refractivity contribution in [2.24, 2.45) is 23.7 Å². The van der Waals surface area contributed by atoms with Gasteiger partial charge in [-0.1, -0.05) is 0 Å². The molecule has 6 heteroatoms. The highest BCUT2D eigenvalue weighted by Gasteiger charge is 2.60. The van der Waals surface area contributed by atoms with Crippen LogP contribution in [0.5, 0.6) is 0 Å². The number of nitrogens with zero attached hydrogens (tertiary/aromatic N) is 1. The standard InChI is InChI=1S/C16H22N2O4/c19-12(17-7-11-2-1-5-22-11)8-18-15(20)13-9-3-4-10(6-9)14(13)16(18)21/h9-11,13-14H,1-8H2,(H,17,19)/t9-,10-,11+,13+,14+/m0/s1. The molecule has 4 fully saturated rings. The SMILES string of the molecule is O=C(CN1C(=O)[C@@H]2[C@H]3CC[C@@H](C3)[C@H]2C1=O)NC[C@H]1CCCO1. The molecule has 0 aromatic heterocycles. The van der Waals surface area contributed by atoms with Gasteiger partial charge < -0.3 is 10.1 Å². The Morgan fingerprint density at radius 2 is 1.82 bits per heavy atom. The minimum atomic E-state index is -0.260. The molecule has 2 heterocycles. The van der Waals surface area contributed by atoms with Gasteiger partial charge in [0.05, 0.1) is 17.9 Å². The number of fused-ring (bicyclic) bond motifs is 5. The molecule has 4 aliphatic rings. The van der Waals surface area contributed by atoms with Gasteiger partial charge in [0.25, 0.3) is 0 Å². The lowest BCUT2D eigenvalue weighted by Crippen LogP contribution is -2.43. The third-order valence-corrected chi connectivity index (χ3v) is 5.87. The van der Waals surface area contributed by atoms with Crippen molar-refractivity contribution in [1.82, 2.24) is 10.2 Å². The minimum absolute atomic E-state index is 0.0733. The molecule has 2 saturated heterocycles. The molecule has 6 nitrogen and oxygen atoms in total. The van der Waals surface area contributed by atoms with E-state index >= 15 is 0 Å². The van der Waals surface area contributed by atoms with Gasteiger partial charge in [-0.15, -0.1) is 0 Å². The average Bonchev–Trinajstić information content (AvgIpc) is 3.26. The van der Waals surface area contributed by atoms with Crippen LogP contribution < -0.4 is 5.32 Å². The molecule has 4 rings (SSSR count). The maximum atomic E-state index is 12.5. The number of carbonyl (C=O) groups excluding carboxylic acids is 3. The monoisotopic (exact) mass is 306 g/mol. The number of hydrogen-bond acceptors (Lipinski definition) is 4. The van der Waals surface area contributed by atoms with E-state index in [1.165, 1.54) is 4.90 Å². The van der Waals surface area contributed by atoms with Crippen LogP contribution in [0.2, 0.25) is 0 Å². The van der Waals surface area contributed by atoms with Gasteiger partial charge in [0.1, 0.15) is 6.54 Å². The fraction of sp³-hybridized carbons (Fsp3) is 0.812. The molecular weight excluding hydrogens is 284 g/mol. The van der Waals surface area contributed by atoms with Gasteiger partial charge in [-0.2, -0.15) is 0 Å². The van der Waals surface area contributed by atoms with E-state index in [-0.39, 0.29) is 42.2 Å². The Kier molecular flexibility index (Phi) is 3.44. The van der Waals surface area contributed by atoms with Crippen molar-refractivity contribution in [3.63, 3.8) is 0 Å². The van der Waals surface area contributed by atoms with Crippen LogP contribution in [0.1, 0.15) is 32.1 Å². The highest BCUT2D eigenvalue weighted by atomic mass is 16.5. The van der Waals surface area contributed by atoms with Crippen LogP contribution in [-0.2, 0) is 19.1 Å². The summed E-state index contributed by atoms with van der Waals surface area (Å²) in [5, 5.41) is 2.79. The fourth-order valence-corrected chi connectivity index (χ4v) is 4.86. The van der Waals surface area contributed by atoms with E-state index < -0.39 is 0 Å². The predicted molar refractivity (Wildman–Crippen MR) is 76.5 cm³/mol. The van der Waals surface area contributed by atoms with Crippen molar-refractivity contribution < 1.29 is 19.1 Å². The molecule has 22 heavy (non-hydrogen) atoms. The highest BCUT2D eigenvalue weighted by Crippen LogP contribution is 2.55. The van der Waals surface area contributed by atoms with Crippen molar-refractivity contribution in [3.8, 4) is 0 Å². The molecule has 0 spiro atoms. The molecule has 0 aromatic carbocycles. The first-order chi connectivity index (χ1) is 10.6. The second kappa shape index (κ2) is 5.33. The smallest absolute Gasteiger partial charge is 0.240 e. The molecule has 2 aliphatic carbocycles. The Balaban J connectivity index is 1.35. The van der Waals surface area contributed by atoms with Gasteiger partial charge in [0.2, 0.25) is 17.7 Å². The first-order valence-electron chi connectivity index (χ1n) is 8.38. The van der Waals surface area contributed by atoms with E-state index in [4.69, 9.17) is 4.74 Å². The van der Waals surface area contributed by atoms with E-state index in [2.05, 4.69) is 5.32 Å². The number of hydrogen-bond donors (Lipinski definition) is 1. The topological polar surface area (TPSA) is 75.7 Å². The average molecular weight is 306 g/mol. The van der Waals surface area contributed by atoms with E-state index in [0.717, 1.165) is 38.7 Å². The molecule has 0 radical (unpaired) electrons. The number of rotatable bonds is 4. The van der Waals surface area contributed by atoms with E-state index in [9.17, 15) is 14.4 Å². The number of likely N-dealkylation sites (tertiary alicyclic amines) is 1. The second-order valence-electron chi connectivity index (χ2n) is 7.09. The van der Waals surface area contributed by atoms with Crippen LogP contribution in [0.15, 0.2) is 0 Å². The fourth-order valence-electron chi connectivity index (χ4n) is 4.86. The zero-order valence-electron chi connectivity index (χ0n) is 12.6. The summed E-state index contributed by atoms with van der Waals surface area (Å²) in [6, 6.07) is 0. The lowest BCUT2D eigenvalue weighted by molar-refractivity contribution is -0.144. The summed E-state index contributed by atoms with van der Waals surface area (Å²) in [7, 11) is 0. The summed E-state index contributed by atoms with van der Waals surface area (Å²) in [5.74, 6) is -0.0410. The Labute approximate surface area is 129 Å². The van der Waals surface area contributed by atoms with Crippen molar-refractivity contribution >= 4 is 17.7 Å². The predicted octanol–water partition coefficient (Wildman–Crippen LogP) is 0.313. The Bertz CT molecular complexity index is 486. The summed E-state index contributed by atoms with van der Waals surface area (Å²) in [6.07, 6.45) is 5.19. The maximum absolute atomic E-state index is 12.5. The van der Waals surface area contributed by atoms with Crippen LogP contribution in [0.4, 0.5) is 0 Å². The number of nitrogens with one attached hydrogen (secondary N) is 1. The molecule has 2 bridgehead atoms. The molecular formula is C16H22N2O4. The summed E-state index contributed by atoms with van der Waals surface area (Å²) >= 11 is 0. The molecule has 120 valence electrons. The van der Waals surface area contributed by atoms with Crippen LogP contribution in [0.3, 0.4) is 0 Å². The number of amides is 3. The lowest BCUT2D eigenvalue weighted by atomic mass is 9.81. The van der Waals surface area contributed by atoms with Crippen LogP contribution >= 0.6 is 0 Å². The third-order valence-electron chi connectivity index (χ3n) is 5.87. The Hall–Kier alpha value is -1.43. The molecule has 2 aliphatic heterocycles. The minimum Gasteiger partial charge on any atom is -0.376 e. The molecule has 5 atom stereocenters. The maximum Gasteiger partial charge on any atom is 0.240 e. The van der Waals surface area contributed by atoms with Crippen molar-refractivity contribution in [1.29, 1.82) is 0 Å². The summed E-state index contributed by atoms with van der Waals surface area (Å²) in [5.41, 5.74) is 0. The third kappa shape index (κ3) is 2.16. The number of ether oxygens (including phenoxy) is 1. The van der Waals surface area contributed by atoms with Crippen LogP contribution in [0, 0.1) is 23.7 Å². The first-order valence-corrected chi connectivity index (χ1v) is 8.38. The van der Waals surface area contributed by atoms with Crippen molar-refractivity contribution in [2.45, 2.75) is 38.2 Å². The van der Waals surface area contributed by atoms with Gasteiger partial charge in [0, 0.05) is 13.2 Å². The summed E-state index contributed by atoms with van der Waals surface area (Å²) < 4.78 is 5.45. The highest BCUT2D eigenvalue weighted by molar-refractivity contribution is 6.08. The lowest BCUT2D eigenvalue weighted by Gasteiger charge is -2.19. The summed E-state index contributed by atoms with van der Waals surface area (Å²) in [4.78, 5) is 38.2. The molecule has 2 saturated carbocycles. The number of imide groups is 1. The normalized spacial score (nSPS) is 39.6. The van der Waals surface area contributed by atoms with Gasteiger partial charge in [-0.05, 0) is 43.9 Å². The Morgan fingerprint density at radius 3 is 2.41 bits per heavy atom. The van der Waals surface area contributed by atoms with Gasteiger partial charge in [-0.3, -0.25) is 19.3 Å². The molecule has 3 amide bonds. The van der Waals surface area contributed by atoms with E-state index in [1.54, 1.807) is 0 Å². The molecule has 0 aromatic rings. The zero-order valence-corrected chi connectivity index (χ0v) is 12.6. The van der Waals surface area contributed by atoms with Crippen molar-refractivity contribution in [3.05, 3.63) is 0 Å². The van der Waals surface area contributed by atoms with Gasteiger partial charge in [-0.25, -0.2) is 0 Å². The van der Waals surface area contributed by atoms with Gasteiger partial charge in [0.15, 0.2) is 0 Å². The largest absolute Gasteiger partial charge is 0.376 e. The van der Waals surface area contributed by atoms with Crippen LogP contribution in [-0.4, -0.2) is 48.4 Å². The molecule has 1 N–H and O–H groups in total. The van der Waals surface area contributed by atoms with Gasteiger partial charge >= 0.3 is 0 Å². The first kappa shape index (κ1) is 14.2. The zero-order chi connectivity index (χ0) is 15.3. The number of carbonyl (C=O) groups is 3. The second-order valence-corrected chi connectivity index (χ2v) is 7.09. The van der Waals surface area contributed by atoms with E-state index in [0.29, 0.717) is 18.4 Å². The van der Waals surface area contributed by atoms with E-state index in [1.807, 2.05) is 0 Å². The quantitative estimate of drug-likeness (QED) is 0.759. The van der Waals surface area contributed by atoms with Crippen LogP contribution in [0.25, 0.3) is 0 Å². The summed E-state index contributed by atoms with van der Waals surface area (Å²) in [6.45, 7) is 1.08.